The van der Waals surface area contributed by atoms with Gasteiger partial charge >= 0.3 is 18.0 Å². The molecule has 0 aliphatic heterocycles. The number of fused-ring (bicyclic) bond motifs is 1. The Hall–Kier alpha value is -0.980. The van der Waals surface area contributed by atoms with Crippen LogP contribution < -0.4 is 0 Å². The Labute approximate surface area is 120 Å². The first-order valence-electron chi connectivity index (χ1n) is 6.12. The molecule has 1 aromatic carbocycles. The Morgan fingerprint density at radius 2 is 1.33 bits per heavy atom. The first-order valence-corrected chi connectivity index (χ1v) is 6.50. The van der Waals surface area contributed by atoms with Crippen LogP contribution in [0.4, 0.5) is 30.7 Å². The Balaban J connectivity index is 2.75. The van der Waals surface area contributed by atoms with Crippen molar-refractivity contribution in [1.82, 2.24) is 0 Å². The van der Waals surface area contributed by atoms with E-state index in [1.807, 2.05) is 0 Å². The third-order valence-corrected chi connectivity index (χ3v) is 3.80. The van der Waals surface area contributed by atoms with E-state index in [-0.39, 0.29) is 29.0 Å². The van der Waals surface area contributed by atoms with Gasteiger partial charge < -0.3 is 0 Å². The van der Waals surface area contributed by atoms with E-state index >= 15 is 0 Å². The summed E-state index contributed by atoms with van der Waals surface area (Å²) in [5.74, 6) is 0. The van der Waals surface area contributed by atoms with Crippen LogP contribution in [0.5, 0.6) is 0 Å². The van der Waals surface area contributed by atoms with Crippen molar-refractivity contribution in [2.45, 2.75) is 43.7 Å². The molecule has 0 saturated heterocycles. The Bertz CT molecular complexity index is 531. The van der Waals surface area contributed by atoms with Crippen LogP contribution in [0.2, 0.25) is 5.02 Å². The summed E-state index contributed by atoms with van der Waals surface area (Å²) in [6.07, 6.45) is -10.9. The normalized spacial score (nSPS) is 16.8. The third-order valence-electron chi connectivity index (χ3n) is 3.58. The van der Waals surface area contributed by atoms with Gasteiger partial charge in [0.2, 0.25) is 0 Å². The average molecular weight is 335 g/mol. The van der Waals surface area contributed by atoms with Crippen LogP contribution in [0, 0.1) is 0 Å². The molecule has 0 atom stereocenters. The maximum Gasteiger partial charge on any atom is 0.435 e. The van der Waals surface area contributed by atoms with Crippen LogP contribution in [0.1, 0.15) is 29.5 Å². The van der Waals surface area contributed by atoms with Gasteiger partial charge in [-0.2, -0.15) is 26.3 Å². The van der Waals surface area contributed by atoms with E-state index in [0.29, 0.717) is 18.9 Å². The molecule has 0 amide bonds. The molecular weight excluding hydrogens is 325 g/mol. The van der Waals surface area contributed by atoms with Crippen molar-refractivity contribution in [1.29, 1.82) is 0 Å². The lowest BCUT2D eigenvalue weighted by Gasteiger charge is -2.33. The highest BCUT2D eigenvalue weighted by atomic mass is 35.5. The largest absolute Gasteiger partial charge is 0.435 e. The number of alkyl halides is 7. The topological polar surface area (TPSA) is 0 Å². The molecule has 0 heterocycles. The van der Waals surface area contributed by atoms with Crippen molar-refractivity contribution in [3.8, 4) is 0 Å². The van der Waals surface area contributed by atoms with Gasteiger partial charge in [-0.15, -0.1) is 0 Å². The standard InChI is InChI=1S/C13H10ClF7/c14-8-5-7-3-1-2-4-9(7)10(6-8)11(15,12(16,17)18)13(19,20)21/h5-6H,1-4H2. The lowest BCUT2D eigenvalue weighted by molar-refractivity contribution is -0.348. The van der Waals surface area contributed by atoms with E-state index in [2.05, 4.69) is 0 Å². The molecule has 0 N–H and O–H groups in total. The van der Waals surface area contributed by atoms with Gasteiger partial charge in [0, 0.05) is 10.6 Å². The molecule has 0 radical (unpaired) electrons. The smallest absolute Gasteiger partial charge is 0.218 e. The summed E-state index contributed by atoms with van der Waals surface area (Å²) in [4.78, 5) is 0. The number of rotatable bonds is 1. The van der Waals surface area contributed by atoms with Gasteiger partial charge in [0.1, 0.15) is 0 Å². The van der Waals surface area contributed by atoms with Crippen molar-refractivity contribution in [3.05, 3.63) is 33.8 Å². The molecule has 0 aromatic heterocycles. The van der Waals surface area contributed by atoms with E-state index in [1.54, 1.807) is 0 Å². The summed E-state index contributed by atoms with van der Waals surface area (Å²) in [7, 11) is 0. The monoisotopic (exact) mass is 334 g/mol. The van der Waals surface area contributed by atoms with Crippen LogP contribution in [-0.2, 0) is 18.5 Å². The molecule has 0 spiro atoms. The highest BCUT2D eigenvalue weighted by Gasteiger charge is 2.74. The summed E-state index contributed by atoms with van der Waals surface area (Å²) in [6, 6.07) is 1.74. The van der Waals surface area contributed by atoms with Crippen LogP contribution in [-0.4, -0.2) is 12.4 Å². The number of hydrogen-bond acceptors (Lipinski definition) is 0. The zero-order valence-electron chi connectivity index (χ0n) is 10.5. The van der Waals surface area contributed by atoms with Crippen molar-refractivity contribution >= 4 is 11.6 Å². The maximum absolute atomic E-state index is 14.2. The van der Waals surface area contributed by atoms with E-state index in [4.69, 9.17) is 11.6 Å². The molecule has 0 unspecified atom stereocenters. The minimum absolute atomic E-state index is 0.0281. The van der Waals surface area contributed by atoms with Gasteiger partial charge in [0.15, 0.2) is 0 Å². The number of hydrogen-bond donors (Lipinski definition) is 0. The van der Waals surface area contributed by atoms with Crippen LogP contribution in [0.15, 0.2) is 12.1 Å². The summed E-state index contributed by atoms with van der Waals surface area (Å²) >= 11 is 5.59. The average Bonchev–Trinajstić information content (AvgIpc) is 2.34. The molecular formula is C13H10ClF7. The predicted molar refractivity (Wildman–Crippen MR) is 63.0 cm³/mol. The zero-order chi connectivity index (χ0) is 16.1. The van der Waals surface area contributed by atoms with Crippen LogP contribution in [0.3, 0.4) is 0 Å². The van der Waals surface area contributed by atoms with Gasteiger partial charge in [-0.05, 0) is 48.9 Å². The molecule has 0 nitrogen and oxygen atoms in total. The zero-order valence-corrected chi connectivity index (χ0v) is 11.3. The lowest BCUT2D eigenvalue weighted by Crippen LogP contribution is -2.51. The SMILES string of the molecule is FC(F)(F)C(F)(c1cc(Cl)cc2c1CCCC2)C(F)(F)F. The van der Waals surface area contributed by atoms with Crippen molar-refractivity contribution < 1.29 is 30.7 Å². The lowest BCUT2D eigenvalue weighted by atomic mass is 9.81. The van der Waals surface area contributed by atoms with Crippen molar-refractivity contribution in [2.24, 2.45) is 0 Å². The Kier molecular flexibility index (Phi) is 3.93. The number of benzene rings is 1. The quantitative estimate of drug-likeness (QED) is 0.594. The first kappa shape index (κ1) is 16.4. The first-order chi connectivity index (χ1) is 9.48. The van der Waals surface area contributed by atoms with Gasteiger partial charge in [-0.3, -0.25) is 0 Å². The summed E-state index contributed by atoms with van der Waals surface area (Å²) in [5.41, 5.74) is -6.82. The highest BCUT2D eigenvalue weighted by Crippen LogP contribution is 2.55. The predicted octanol–water partition coefficient (Wildman–Crippen LogP) is 5.51. The van der Waals surface area contributed by atoms with Gasteiger partial charge in [0.25, 0.3) is 0 Å². The second kappa shape index (κ2) is 5.04. The molecule has 0 fully saturated rings. The minimum atomic E-state index is -6.11. The molecule has 2 rings (SSSR count). The minimum Gasteiger partial charge on any atom is -0.218 e. The van der Waals surface area contributed by atoms with Gasteiger partial charge in [0.05, 0.1) is 0 Å². The molecule has 1 aliphatic carbocycles. The fourth-order valence-electron chi connectivity index (χ4n) is 2.60. The molecule has 21 heavy (non-hydrogen) atoms. The molecule has 8 heteroatoms. The molecule has 118 valence electrons. The second-order valence-corrected chi connectivity index (χ2v) is 5.39. The second-order valence-electron chi connectivity index (χ2n) is 4.95. The maximum atomic E-state index is 14.2. The fourth-order valence-corrected chi connectivity index (χ4v) is 2.84. The molecule has 1 aromatic rings. The van der Waals surface area contributed by atoms with E-state index in [0.717, 1.165) is 0 Å². The van der Waals surface area contributed by atoms with Crippen molar-refractivity contribution in [2.75, 3.05) is 0 Å². The van der Waals surface area contributed by atoms with E-state index in [9.17, 15) is 30.7 Å². The van der Waals surface area contributed by atoms with Crippen LogP contribution in [0.25, 0.3) is 0 Å². The summed E-state index contributed by atoms with van der Waals surface area (Å²) in [6.45, 7) is 0. The third kappa shape index (κ3) is 2.60. The fraction of sp³-hybridized carbons (Fsp3) is 0.538. The Morgan fingerprint density at radius 1 is 0.810 bits per heavy atom. The van der Waals surface area contributed by atoms with Crippen molar-refractivity contribution in [3.63, 3.8) is 0 Å². The molecule has 0 bridgehead atoms. The summed E-state index contributed by atoms with van der Waals surface area (Å²) in [5, 5.41) is -0.332. The van der Waals surface area contributed by atoms with E-state index in [1.165, 1.54) is 6.07 Å². The number of aryl methyl sites for hydroxylation is 1. The number of halogens is 8. The Morgan fingerprint density at radius 3 is 1.86 bits per heavy atom. The highest BCUT2D eigenvalue weighted by molar-refractivity contribution is 6.30. The van der Waals surface area contributed by atoms with E-state index < -0.39 is 23.6 Å². The molecule has 0 saturated carbocycles. The molecule has 1 aliphatic rings. The van der Waals surface area contributed by atoms with Crippen LogP contribution >= 0.6 is 11.6 Å². The van der Waals surface area contributed by atoms with Gasteiger partial charge in [-0.25, -0.2) is 4.39 Å². The van der Waals surface area contributed by atoms with Gasteiger partial charge in [-0.1, -0.05) is 11.6 Å². The summed E-state index contributed by atoms with van der Waals surface area (Å²) < 4.78 is 91.3.